The largest absolute Gasteiger partial charge is 0.462 e. The summed E-state index contributed by atoms with van der Waals surface area (Å²) in [6.45, 7) is 6.43. The lowest BCUT2D eigenvalue weighted by Gasteiger charge is -2.18. The summed E-state index contributed by atoms with van der Waals surface area (Å²) in [6, 6.07) is 0. The lowest BCUT2D eigenvalue weighted by atomic mass is 10.1. The Labute approximate surface area is 407 Å². The molecule has 0 N–H and O–H groups in total. The molecule has 0 aromatic carbocycles. The van der Waals surface area contributed by atoms with Crippen molar-refractivity contribution < 1.29 is 28.6 Å². The molecule has 0 aliphatic heterocycles. The number of rotatable bonds is 48. The molecule has 0 aromatic heterocycles. The van der Waals surface area contributed by atoms with Crippen molar-refractivity contribution in [3.05, 3.63) is 97.2 Å². The van der Waals surface area contributed by atoms with Crippen LogP contribution in [0.15, 0.2) is 97.2 Å². The summed E-state index contributed by atoms with van der Waals surface area (Å²) in [5.41, 5.74) is 0. The van der Waals surface area contributed by atoms with Crippen LogP contribution < -0.4 is 0 Å². The quantitative estimate of drug-likeness (QED) is 0.0262. The molecule has 0 radical (unpaired) electrons. The topological polar surface area (TPSA) is 78.9 Å². The van der Waals surface area contributed by atoms with Gasteiger partial charge < -0.3 is 14.2 Å². The Morgan fingerprint density at radius 1 is 0.318 bits per heavy atom. The van der Waals surface area contributed by atoms with Crippen LogP contribution >= 0.6 is 0 Å². The van der Waals surface area contributed by atoms with Gasteiger partial charge in [-0.25, -0.2) is 0 Å². The van der Waals surface area contributed by atoms with Crippen molar-refractivity contribution in [2.45, 2.75) is 252 Å². The van der Waals surface area contributed by atoms with E-state index in [0.717, 1.165) is 116 Å². The summed E-state index contributed by atoms with van der Waals surface area (Å²) in [6.07, 6.45) is 71.6. The maximum atomic E-state index is 12.7. The predicted molar refractivity (Wildman–Crippen MR) is 284 cm³/mol. The van der Waals surface area contributed by atoms with E-state index in [1.54, 1.807) is 0 Å². The van der Waals surface area contributed by atoms with Crippen LogP contribution in [-0.4, -0.2) is 37.2 Å². The third-order valence-corrected chi connectivity index (χ3v) is 11.4. The van der Waals surface area contributed by atoms with Gasteiger partial charge in [-0.2, -0.15) is 0 Å². The predicted octanol–water partition coefficient (Wildman–Crippen LogP) is 18.1. The van der Waals surface area contributed by atoms with E-state index in [0.29, 0.717) is 19.3 Å². The van der Waals surface area contributed by atoms with Gasteiger partial charge in [-0.1, -0.05) is 240 Å². The first-order valence-corrected chi connectivity index (χ1v) is 27.2. The number of allylic oxidation sites excluding steroid dienone is 16. The van der Waals surface area contributed by atoms with Gasteiger partial charge in [-0.05, 0) is 83.5 Å². The molecule has 0 aliphatic rings. The second-order valence-electron chi connectivity index (χ2n) is 17.8. The van der Waals surface area contributed by atoms with Gasteiger partial charge in [-0.3, -0.25) is 14.4 Å². The Balaban J connectivity index is 4.03. The van der Waals surface area contributed by atoms with Crippen LogP contribution in [0.5, 0.6) is 0 Å². The lowest BCUT2D eigenvalue weighted by molar-refractivity contribution is -0.167. The fourth-order valence-electron chi connectivity index (χ4n) is 7.28. The second kappa shape index (κ2) is 53.9. The Morgan fingerprint density at radius 2 is 0.591 bits per heavy atom. The molecule has 0 saturated heterocycles. The Hall–Kier alpha value is -3.67. The molecule has 0 aromatic rings. The highest BCUT2D eigenvalue weighted by molar-refractivity contribution is 5.71. The summed E-state index contributed by atoms with van der Waals surface area (Å²) >= 11 is 0. The van der Waals surface area contributed by atoms with Crippen molar-refractivity contribution in [1.29, 1.82) is 0 Å². The van der Waals surface area contributed by atoms with Gasteiger partial charge in [0.25, 0.3) is 0 Å². The third kappa shape index (κ3) is 51.3. The lowest BCUT2D eigenvalue weighted by Crippen LogP contribution is -2.30. The minimum atomic E-state index is -0.773. The van der Waals surface area contributed by atoms with Crippen LogP contribution in [0.1, 0.15) is 245 Å². The zero-order chi connectivity index (χ0) is 47.9. The molecule has 0 aliphatic carbocycles. The van der Waals surface area contributed by atoms with E-state index in [9.17, 15) is 14.4 Å². The van der Waals surface area contributed by atoms with Crippen LogP contribution in [0.3, 0.4) is 0 Å². The van der Waals surface area contributed by atoms with E-state index in [1.165, 1.54) is 89.9 Å². The van der Waals surface area contributed by atoms with E-state index in [2.05, 4.69) is 118 Å². The van der Waals surface area contributed by atoms with Gasteiger partial charge >= 0.3 is 17.9 Å². The minimum Gasteiger partial charge on any atom is -0.462 e. The van der Waals surface area contributed by atoms with Crippen molar-refractivity contribution >= 4 is 17.9 Å². The maximum Gasteiger partial charge on any atom is 0.306 e. The van der Waals surface area contributed by atoms with Crippen LogP contribution in [0.25, 0.3) is 0 Å². The number of carbonyl (C=O) groups is 3. The number of unbranched alkanes of at least 4 members (excludes halogenated alkanes) is 21. The maximum absolute atomic E-state index is 12.7. The normalized spacial score (nSPS) is 12.8. The van der Waals surface area contributed by atoms with Gasteiger partial charge in [0.15, 0.2) is 6.10 Å². The van der Waals surface area contributed by atoms with Crippen molar-refractivity contribution in [3.63, 3.8) is 0 Å². The second-order valence-corrected chi connectivity index (χ2v) is 17.8. The van der Waals surface area contributed by atoms with Crippen LogP contribution in [0.4, 0.5) is 0 Å². The van der Waals surface area contributed by atoms with E-state index < -0.39 is 6.10 Å². The molecule has 6 nitrogen and oxygen atoms in total. The molecule has 0 rings (SSSR count). The van der Waals surface area contributed by atoms with Gasteiger partial charge in [0, 0.05) is 19.3 Å². The van der Waals surface area contributed by atoms with Crippen molar-refractivity contribution in [3.8, 4) is 0 Å². The number of hydrogen-bond donors (Lipinski definition) is 0. The minimum absolute atomic E-state index is 0.0780. The van der Waals surface area contributed by atoms with Gasteiger partial charge in [-0.15, -0.1) is 0 Å². The Kier molecular flexibility index (Phi) is 50.9. The molecule has 66 heavy (non-hydrogen) atoms. The van der Waals surface area contributed by atoms with E-state index >= 15 is 0 Å². The van der Waals surface area contributed by atoms with E-state index in [4.69, 9.17) is 14.2 Å². The first-order valence-electron chi connectivity index (χ1n) is 27.2. The number of ether oxygens (including phenoxy) is 3. The number of esters is 3. The van der Waals surface area contributed by atoms with Crippen LogP contribution in [0, 0.1) is 0 Å². The molecule has 1 atom stereocenters. The zero-order valence-electron chi connectivity index (χ0n) is 42.9. The molecule has 0 saturated carbocycles. The summed E-state index contributed by atoms with van der Waals surface area (Å²) in [5.74, 6) is -0.901. The molecule has 0 heterocycles. The van der Waals surface area contributed by atoms with Gasteiger partial charge in [0.05, 0.1) is 0 Å². The third-order valence-electron chi connectivity index (χ3n) is 11.4. The smallest absolute Gasteiger partial charge is 0.306 e. The molecular formula is C60H100O6. The fourth-order valence-corrected chi connectivity index (χ4v) is 7.28. The van der Waals surface area contributed by atoms with Crippen LogP contribution in [0.2, 0.25) is 0 Å². The fraction of sp³-hybridized carbons (Fsp3) is 0.683. The Morgan fingerprint density at radius 3 is 0.924 bits per heavy atom. The highest BCUT2D eigenvalue weighted by atomic mass is 16.6. The molecular weight excluding hydrogens is 817 g/mol. The van der Waals surface area contributed by atoms with Crippen molar-refractivity contribution in [2.75, 3.05) is 13.2 Å². The van der Waals surface area contributed by atoms with Gasteiger partial charge in [0.2, 0.25) is 0 Å². The highest BCUT2D eigenvalue weighted by Crippen LogP contribution is 2.14. The summed E-state index contributed by atoms with van der Waals surface area (Å²) in [7, 11) is 0. The number of carbonyl (C=O) groups excluding carboxylic acids is 3. The molecule has 1 unspecified atom stereocenters. The Bertz CT molecular complexity index is 1330. The summed E-state index contributed by atoms with van der Waals surface area (Å²) in [4.78, 5) is 37.6. The van der Waals surface area contributed by atoms with Crippen molar-refractivity contribution in [1.82, 2.24) is 0 Å². The molecule has 0 fully saturated rings. The van der Waals surface area contributed by atoms with Gasteiger partial charge in [0.1, 0.15) is 13.2 Å². The first-order chi connectivity index (χ1) is 32.5. The monoisotopic (exact) mass is 917 g/mol. The van der Waals surface area contributed by atoms with E-state index in [1.807, 2.05) is 0 Å². The summed E-state index contributed by atoms with van der Waals surface area (Å²) in [5, 5.41) is 0. The number of hydrogen-bond acceptors (Lipinski definition) is 6. The molecule has 0 bridgehead atoms. The average Bonchev–Trinajstić information content (AvgIpc) is 3.31. The van der Waals surface area contributed by atoms with Crippen LogP contribution in [-0.2, 0) is 28.6 Å². The first kappa shape index (κ1) is 62.3. The average molecular weight is 917 g/mol. The molecule has 6 heteroatoms. The molecule has 376 valence electrons. The standard InChI is InChI=1S/C60H100O6/c1-4-7-10-13-16-18-19-20-21-22-23-24-25-26-27-28-29-30-31-32-33-34-35-36-37-38-39-40-41-43-44-47-50-53-59(62)65-56-57(55-64-58(61)52-49-46-15-12-9-6-3)66-60(63)54-51-48-45-42-17-14-11-8-5-2/h7,10,16,18,20-21,23-24,26-27,29-30,32-33,35-36,57H,4-6,8-9,11-15,17,19,22,25,28,31,34,37-56H2,1-3H3/b10-7-,18-16-,21-20-,24-23-,27-26-,30-29-,33-32-,36-35-. The molecule has 0 amide bonds. The van der Waals surface area contributed by atoms with Crippen molar-refractivity contribution in [2.24, 2.45) is 0 Å². The van der Waals surface area contributed by atoms with E-state index in [-0.39, 0.29) is 31.1 Å². The SMILES string of the molecule is CC/C=C\C/C=C\C/C=C\C/C=C\C/C=C\C/C=C\C/C=C\C/C=C\CCCCCCCCCCC(=O)OCC(COC(=O)CCCCCCCC)OC(=O)CCCCCCCCCCC. The summed E-state index contributed by atoms with van der Waals surface area (Å²) < 4.78 is 16.6. The zero-order valence-corrected chi connectivity index (χ0v) is 42.9. The highest BCUT2D eigenvalue weighted by Gasteiger charge is 2.19. The molecule has 0 spiro atoms.